The van der Waals surface area contributed by atoms with Gasteiger partial charge in [-0.1, -0.05) is 11.6 Å². The molecule has 98 valence electrons. The quantitative estimate of drug-likeness (QED) is 0.848. The van der Waals surface area contributed by atoms with Crippen molar-refractivity contribution in [3.05, 3.63) is 21.6 Å². The maximum absolute atomic E-state index is 11.6. The van der Waals surface area contributed by atoms with Crippen molar-refractivity contribution in [3.63, 3.8) is 0 Å². The minimum absolute atomic E-state index is 0.0625. The molecule has 1 saturated heterocycles. The molecule has 0 radical (unpaired) electrons. The van der Waals surface area contributed by atoms with Crippen LogP contribution < -0.4 is 10.9 Å². The molecule has 1 aromatic rings. The predicted octanol–water partition coefficient (Wildman–Crippen LogP) is 0.466. The first kappa shape index (κ1) is 12.9. The second-order valence-corrected chi connectivity index (χ2v) is 4.77. The first-order chi connectivity index (χ1) is 8.49. The van der Waals surface area contributed by atoms with Gasteiger partial charge in [0.1, 0.15) is 5.02 Å². The first-order valence-electron chi connectivity index (χ1n) is 5.73. The summed E-state index contributed by atoms with van der Waals surface area (Å²) in [7, 11) is 1.55. The van der Waals surface area contributed by atoms with Crippen molar-refractivity contribution >= 4 is 23.2 Å². The average molecular weight is 271 g/mol. The number of rotatable bonds is 2. The zero-order valence-electron chi connectivity index (χ0n) is 10.3. The first-order valence-corrected chi connectivity index (χ1v) is 6.10. The highest BCUT2D eigenvalue weighted by Crippen LogP contribution is 2.20. The Morgan fingerprint density at radius 3 is 2.94 bits per heavy atom. The van der Waals surface area contributed by atoms with Crippen LogP contribution in [0.1, 0.15) is 13.3 Å². The lowest BCUT2D eigenvalue weighted by Gasteiger charge is -2.16. The molecule has 1 aliphatic heterocycles. The minimum atomic E-state index is -0.330. The standard InChI is InChI=1S/C11H15ClN4O2/c1-7(17)16-4-3-8(6-16)14-9-5-13-15(2)11(18)10(9)12/h5,8,14H,3-4,6H2,1-2H3/t8-/m0/s1. The average Bonchev–Trinajstić information content (AvgIpc) is 2.79. The van der Waals surface area contributed by atoms with E-state index in [-0.39, 0.29) is 22.5 Å². The number of halogens is 1. The molecule has 6 nitrogen and oxygen atoms in total. The summed E-state index contributed by atoms with van der Waals surface area (Å²) < 4.78 is 1.18. The number of amides is 1. The van der Waals surface area contributed by atoms with Crippen LogP contribution in [-0.4, -0.2) is 39.7 Å². The lowest BCUT2D eigenvalue weighted by Crippen LogP contribution is -2.30. The van der Waals surface area contributed by atoms with Crippen LogP contribution in [0, 0.1) is 0 Å². The van der Waals surface area contributed by atoms with E-state index in [0.717, 1.165) is 13.0 Å². The van der Waals surface area contributed by atoms with E-state index in [2.05, 4.69) is 10.4 Å². The maximum Gasteiger partial charge on any atom is 0.287 e. The van der Waals surface area contributed by atoms with E-state index in [9.17, 15) is 9.59 Å². The normalized spacial score (nSPS) is 19.1. The zero-order chi connectivity index (χ0) is 13.3. The third-order valence-electron chi connectivity index (χ3n) is 3.07. The Balaban J connectivity index is 2.10. The van der Waals surface area contributed by atoms with Gasteiger partial charge >= 0.3 is 0 Å². The van der Waals surface area contributed by atoms with Crippen LogP contribution in [0.5, 0.6) is 0 Å². The molecule has 2 heterocycles. The van der Waals surface area contributed by atoms with Gasteiger partial charge in [-0.2, -0.15) is 5.10 Å². The molecular weight excluding hydrogens is 256 g/mol. The lowest BCUT2D eigenvalue weighted by molar-refractivity contribution is -0.127. The molecule has 1 amide bonds. The summed E-state index contributed by atoms with van der Waals surface area (Å²) in [6.07, 6.45) is 2.37. The third kappa shape index (κ3) is 2.48. The fraction of sp³-hybridized carbons (Fsp3) is 0.545. The maximum atomic E-state index is 11.6. The highest BCUT2D eigenvalue weighted by Gasteiger charge is 2.24. The molecule has 0 bridgehead atoms. The van der Waals surface area contributed by atoms with Gasteiger partial charge in [-0.3, -0.25) is 9.59 Å². The summed E-state index contributed by atoms with van der Waals surface area (Å²) >= 11 is 5.96. The van der Waals surface area contributed by atoms with E-state index in [0.29, 0.717) is 12.2 Å². The van der Waals surface area contributed by atoms with Crippen LogP contribution in [0.25, 0.3) is 0 Å². The Morgan fingerprint density at radius 2 is 2.33 bits per heavy atom. The van der Waals surface area contributed by atoms with Crippen LogP contribution in [-0.2, 0) is 11.8 Å². The van der Waals surface area contributed by atoms with E-state index in [1.807, 2.05) is 0 Å². The van der Waals surface area contributed by atoms with E-state index >= 15 is 0 Å². The van der Waals surface area contributed by atoms with Gasteiger partial charge in [0.05, 0.1) is 11.9 Å². The monoisotopic (exact) mass is 270 g/mol. The van der Waals surface area contributed by atoms with Gasteiger partial charge in [-0.15, -0.1) is 0 Å². The molecule has 0 unspecified atom stereocenters. The lowest BCUT2D eigenvalue weighted by atomic mass is 10.2. The Labute approximate surface area is 110 Å². The molecule has 7 heteroatoms. The number of nitrogens with zero attached hydrogens (tertiary/aromatic N) is 3. The molecule has 1 N–H and O–H groups in total. The Hall–Kier alpha value is -1.56. The number of aryl methyl sites for hydroxylation is 1. The second-order valence-electron chi connectivity index (χ2n) is 4.40. The van der Waals surface area contributed by atoms with Crippen molar-refractivity contribution in [3.8, 4) is 0 Å². The van der Waals surface area contributed by atoms with Gasteiger partial charge in [-0.25, -0.2) is 4.68 Å². The number of hydrogen-bond donors (Lipinski definition) is 1. The number of carbonyl (C=O) groups excluding carboxylic acids is 1. The van der Waals surface area contributed by atoms with Crippen LogP contribution in [0.2, 0.25) is 5.02 Å². The smallest absolute Gasteiger partial charge is 0.287 e. The van der Waals surface area contributed by atoms with Crippen molar-refractivity contribution in [2.75, 3.05) is 18.4 Å². The van der Waals surface area contributed by atoms with E-state index in [1.165, 1.54) is 10.9 Å². The van der Waals surface area contributed by atoms with Gasteiger partial charge < -0.3 is 10.2 Å². The number of carbonyl (C=O) groups is 1. The van der Waals surface area contributed by atoms with E-state index < -0.39 is 0 Å². The van der Waals surface area contributed by atoms with E-state index in [4.69, 9.17) is 11.6 Å². The van der Waals surface area contributed by atoms with Crippen molar-refractivity contribution in [2.45, 2.75) is 19.4 Å². The van der Waals surface area contributed by atoms with Crippen molar-refractivity contribution in [1.29, 1.82) is 0 Å². The molecule has 0 saturated carbocycles. The number of nitrogens with one attached hydrogen (secondary N) is 1. The number of aromatic nitrogens is 2. The fourth-order valence-electron chi connectivity index (χ4n) is 2.00. The summed E-state index contributed by atoms with van der Waals surface area (Å²) in [5.41, 5.74) is 0.193. The Kier molecular flexibility index (Phi) is 3.56. The van der Waals surface area contributed by atoms with Crippen LogP contribution in [0.3, 0.4) is 0 Å². The molecule has 2 rings (SSSR count). The van der Waals surface area contributed by atoms with Gasteiger partial charge in [0, 0.05) is 33.1 Å². The molecular formula is C11H15ClN4O2. The summed E-state index contributed by atoms with van der Waals surface area (Å²) in [6, 6.07) is 0.111. The number of anilines is 1. The topological polar surface area (TPSA) is 67.2 Å². The van der Waals surface area contributed by atoms with Crippen LogP contribution >= 0.6 is 11.6 Å². The molecule has 1 aliphatic rings. The summed E-state index contributed by atoms with van der Waals surface area (Å²) in [4.78, 5) is 24.6. The van der Waals surface area contributed by atoms with E-state index in [1.54, 1.807) is 18.9 Å². The van der Waals surface area contributed by atoms with Crippen molar-refractivity contribution in [1.82, 2.24) is 14.7 Å². The summed E-state index contributed by atoms with van der Waals surface area (Å²) in [5, 5.41) is 7.21. The van der Waals surface area contributed by atoms with Gasteiger partial charge in [0.25, 0.3) is 5.56 Å². The van der Waals surface area contributed by atoms with Crippen LogP contribution in [0.15, 0.2) is 11.0 Å². The summed E-state index contributed by atoms with van der Waals surface area (Å²) in [6.45, 7) is 2.90. The van der Waals surface area contributed by atoms with Crippen LogP contribution in [0.4, 0.5) is 5.69 Å². The highest BCUT2D eigenvalue weighted by atomic mass is 35.5. The molecule has 0 spiro atoms. The Morgan fingerprint density at radius 1 is 1.61 bits per heavy atom. The fourth-order valence-corrected chi connectivity index (χ4v) is 2.22. The summed E-state index contributed by atoms with van der Waals surface area (Å²) in [5.74, 6) is 0.0625. The van der Waals surface area contributed by atoms with Gasteiger partial charge in [0.2, 0.25) is 5.91 Å². The molecule has 1 fully saturated rings. The Bertz CT molecular complexity index is 528. The zero-order valence-corrected chi connectivity index (χ0v) is 11.1. The van der Waals surface area contributed by atoms with Gasteiger partial charge in [-0.05, 0) is 6.42 Å². The minimum Gasteiger partial charge on any atom is -0.378 e. The van der Waals surface area contributed by atoms with Gasteiger partial charge in [0.15, 0.2) is 0 Å². The molecule has 0 aliphatic carbocycles. The largest absolute Gasteiger partial charge is 0.378 e. The SMILES string of the molecule is CC(=O)N1CC[C@H](Nc2cnn(C)c(=O)c2Cl)C1. The predicted molar refractivity (Wildman–Crippen MR) is 68.8 cm³/mol. The molecule has 0 aromatic carbocycles. The van der Waals surface area contributed by atoms with Crippen molar-refractivity contribution in [2.24, 2.45) is 7.05 Å². The number of likely N-dealkylation sites (tertiary alicyclic amines) is 1. The molecule has 18 heavy (non-hydrogen) atoms. The third-order valence-corrected chi connectivity index (χ3v) is 3.44. The molecule has 1 aromatic heterocycles. The molecule has 1 atom stereocenters. The highest BCUT2D eigenvalue weighted by molar-refractivity contribution is 6.32. The second kappa shape index (κ2) is 4.97. The van der Waals surface area contributed by atoms with Crippen molar-refractivity contribution < 1.29 is 4.79 Å². The number of hydrogen-bond acceptors (Lipinski definition) is 4.